The van der Waals surface area contributed by atoms with Crippen LogP contribution in [-0.4, -0.2) is 14.2 Å². The van der Waals surface area contributed by atoms with Crippen molar-refractivity contribution in [3.63, 3.8) is 0 Å². The fourth-order valence-electron chi connectivity index (χ4n) is 1.00. The lowest BCUT2D eigenvalue weighted by Crippen LogP contribution is -1.99. The molecule has 0 amide bonds. The molecule has 0 spiro atoms. The van der Waals surface area contributed by atoms with Crippen LogP contribution < -0.4 is 20.9 Å². The number of nitrogen functional groups attached to an aromatic ring is 2. The highest BCUT2D eigenvalue weighted by Gasteiger charge is 2.08. The lowest BCUT2D eigenvalue weighted by molar-refractivity contribution is 0.400. The van der Waals surface area contributed by atoms with E-state index in [0.29, 0.717) is 22.9 Å². The number of methoxy groups -OCH3 is 2. The second kappa shape index (κ2) is 4.67. The maximum absolute atomic E-state index is 5.68. The standard InChI is InChI=1S/C8H12N2O2.ClH/c1-11-6-4-3-5(9)8(12-2)7(6)10;/h3-4H,9-10H2,1-2H3;1H. The van der Waals surface area contributed by atoms with Gasteiger partial charge in [-0.3, -0.25) is 0 Å². The van der Waals surface area contributed by atoms with Gasteiger partial charge in [0.15, 0.2) is 5.75 Å². The van der Waals surface area contributed by atoms with Crippen molar-refractivity contribution in [1.82, 2.24) is 0 Å². The van der Waals surface area contributed by atoms with Crippen LogP contribution in [0.15, 0.2) is 12.1 Å². The quantitative estimate of drug-likeness (QED) is 0.713. The molecule has 1 aromatic carbocycles. The summed E-state index contributed by atoms with van der Waals surface area (Å²) < 4.78 is 9.97. The van der Waals surface area contributed by atoms with Gasteiger partial charge in [-0.15, -0.1) is 12.4 Å². The van der Waals surface area contributed by atoms with Gasteiger partial charge in [0.2, 0.25) is 0 Å². The third-order valence-electron chi connectivity index (χ3n) is 1.61. The van der Waals surface area contributed by atoms with E-state index in [1.54, 1.807) is 19.2 Å². The summed E-state index contributed by atoms with van der Waals surface area (Å²) in [7, 11) is 3.06. The molecule has 1 aromatic rings. The number of hydrogen-bond acceptors (Lipinski definition) is 4. The molecule has 0 aliphatic carbocycles. The Morgan fingerprint density at radius 3 is 2.15 bits per heavy atom. The molecule has 13 heavy (non-hydrogen) atoms. The minimum Gasteiger partial charge on any atom is -0.494 e. The molecule has 4 N–H and O–H groups in total. The minimum absolute atomic E-state index is 0. The molecule has 0 radical (unpaired) electrons. The average molecular weight is 205 g/mol. The van der Waals surface area contributed by atoms with Gasteiger partial charge < -0.3 is 20.9 Å². The van der Waals surface area contributed by atoms with Crippen molar-refractivity contribution in [2.45, 2.75) is 0 Å². The van der Waals surface area contributed by atoms with E-state index in [1.165, 1.54) is 7.11 Å². The van der Waals surface area contributed by atoms with Crippen LogP contribution in [0, 0.1) is 0 Å². The lowest BCUT2D eigenvalue weighted by Gasteiger charge is -2.10. The summed E-state index contributed by atoms with van der Waals surface area (Å²) in [6.45, 7) is 0. The van der Waals surface area contributed by atoms with Gasteiger partial charge in [0, 0.05) is 0 Å². The SMILES string of the molecule is COc1ccc(N)c(OC)c1N.Cl. The van der Waals surface area contributed by atoms with Crippen molar-refractivity contribution in [3.8, 4) is 11.5 Å². The zero-order valence-electron chi connectivity index (χ0n) is 7.53. The third-order valence-corrected chi connectivity index (χ3v) is 1.61. The van der Waals surface area contributed by atoms with E-state index in [9.17, 15) is 0 Å². The zero-order chi connectivity index (χ0) is 9.14. The summed E-state index contributed by atoms with van der Waals surface area (Å²) in [5, 5.41) is 0. The Hall–Kier alpha value is -1.29. The molecule has 4 nitrogen and oxygen atoms in total. The van der Waals surface area contributed by atoms with Gasteiger partial charge in [-0.25, -0.2) is 0 Å². The van der Waals surface area contributed by atoms with Gasteiger partial charge in [0.05, 0.1) is 19.9 Å². The van der Waals surface area contributed by atoms with Crippen molar-refractivity contribution in [2.24, 2.45) is 0 Å². The van der Waals surface area contributed by atoms with Gasteiger partial charge in [-0.1, -0.05) is 0 Å². The maximum Gasteiger partial charge on any atom is 0.168 e. The fraction of sp³-hybridized carbons (Fsp3) is 0.250. The predicted octanol–water partition coefficient (Wildman–Crippen LogP) is 1.29. The van der Waals surface area contributed by atoms with E-state index in [-0.39, 0.29) is 12.4 Å². The summed E-state index contributed by atoms with van der Waals surface area (Å²) in [4.78, 5) is 0. The Kier molecular flexibility index (Phi) is 4.20. The second-order valence-corrected chi connectivity index (χ2v) is 2.30. The van der Waals surface area contributed by atoms with Gasteiger partial charge in [0.1, 0.15) is 11.4 Å². The number of benzene rings is 1. The van der Waals surface area contributed by atoms with E-state index < -0.39 is 0 Å². The number of halogens is 1. The largest absolute Gasteiger partial charge is 0.494 e. The van der Waals surface area contributed by atoms with Crippen LogP contribution in [-0.2, 0) is 0 Å². The van der Waals surface area contributed by atoms with Gasteiger partial charge in [-0.05, 0) is 12.1 Å². The summed E-state index contributed by atoms with van der Waals surface area (Å²) in [5.74, 6) is 1.04. The molecule has 0 aromatic heterocycles. The summed E-state index contributed by atoms with van der Waals surface area (Å²) in [6, 6.07) is 3.39. The first-order valence-electron chi connectivity index (χ1n) is 3.46. The first-order chi connectivity index (χ1) is 5.70. The molecule has 0 unspecified atom stereocenters. The van der Waals surface area contributed by atoms with Crippen molar-refractivity contribution < 1.29 is 9.47 Å². The Morgan fingerprint density at radius 1 is 1.08 bits per heavy atom. The van der Waals surface area contributed by atoms with E-state index in [4.69, 9.17) is 20.9 Å². The normalized spacial score (nSPS) is 8.77. The molecule has 0 fully saturated rings. The van der Waals surface area contributed by atoms with E-state index in [2.05, 4.69) is 0 Å². The Balaban J connectivity index is 0.00000144. The van der Waals surface area contributed by atoms with Gasteiger partial charge in [-0.2, -0.15) is 0 Å². The topological polar surface area (TPSA) is 70.5 Å². The van der Waals surface area contributed by atoms with Crippen molar-refractivity contribution in [2.75, 3.05) is 25.7 Å². The fourth-order valence-corrected chi connectivity index (χ4v) is 1.00. The third kappa shape index (κ3) is 2.09. The molecule has 0 aliphatic heterocycles. The van der Waals surface area contributed by atoms with Crippen LogP contribution in [0.5, 0.6) is 11.5 Å². The predicted molar refractivity (Wildman–Crippen MR) is 55.6 cm³/mol. The average Bonchev–Trinajstić information content (AvgIpc) is 2.06. The number of hydrogen-bond donors (Lipinski definition) is 2. The number of anilines is 2. The minimum atomic E-state index is 0. The summed E-state index contributed by atoms with van der Waals surface area (Å²) in [5.41, 5.74) is 12.2. The van der Waals surface area contributed by atoms with Crippen LogP contribution in [0.1, 0.15) is 0 Å². The molecule has 0 bridgehead atoms. The van der Waals surface area contributed by atoms with Crippen LogP contribution in [0.2, 0.25) is 0 Å². The molecule has 0 saturated carbocycles. The van der Waals surface area contributed by atoms with E-state index in [1.807, 2.05) is 0 Å². The van der Waals surface area contributed by atoms with Crippen LogP contribution in [0.3, 0.4) is 0 Å². The molecular formula is C8H13ClN2O2. The zero-order valence-corrected chi connectivity index (χ0v) is 8.35. The Morgan fingerprint density at radius 2 is 1.69 bits per heavy atom. The molecule has 1 rings (SSSR count). The first-order valence-corrected chi connectivity index (χ1v) is 3.46. The van der Waals surface area contributed by atoms with Crippen LogP contribution in [0.25, 0.3) is 0 Å². The highest BCUT2D eigenvalue weighted by atomic mass is 35.5. The lowest BCUT2D eigenvalue weighted by atomic mass is 10.2. The first kappa shape index (κ1) is 11.7. The molecule has 0 atom stereocenters. The van der Waals surface area contributed by atoms with Crippen molar-refractivity contribution in [1.29, 1.82) is 0 Å². The highest BCUT2D eigenvalue weighted by molar-refractivity contribution is 5.85. The molecule has 0 aliphatic rings. The van der Waals surface area contributed by atoms with Gasteiger partial charge >= 0.3 is 0 Å². The summed E-state index contributed by atoms with van der Waals surface area (Å²) in [6.07, 6.45) is 0. The van der Waals surface area contributed by atoms with Crippen molar-refractivity contribution >= 4 is 23.8 Å². The molecule has 0 heterocycles. The van der Waals surface area contributed by atoms with Crippen molar-refractivity contribution in [3.05, 3.63) is 12.1 Å². The second-order valence-electron chi connectivity index (χ2n) is 2.30. The smallest absolute Gasteiger partial charge is 0.168 e. The molecular weight excluding hydrogens is 192 g/mol. The number of ether oxygens (including phenoxy) is 2. The number of nitrogens with two attached hydrogens (primary N) is 2. The molecule has 5 heteroatoms. The van der Waals surface area contributed by atoms with Gasteiger partial charge in [0.25, 0.3) is 0 Å². The van der Waals surface area contributed by atoms with E-state index >= 15 is 0 Å². The summed E-state index contributed by atoms with van der Waals surface area (Å²) >= 11 is 0. The molecule has 74 valence electrons. The van der Waals surface area contributed by atoms with Crippen LogP contribution >= 0.6 is 12.4 Å². The highest BCUT2D eigenvalue weighted by Crippen LogP contribution is 2.35. The Labute approximate surface area is 83.2 Å². The monoisotopic (exact) mass is 204 g/mol. The number of rotatable bonds is 2. The maximum atomic E-state index is 5.68. The Bertz CT molecular complexity index is 292. The molecule has 0 saturated heterocycles. The van der Waals surface area contributed by atoms with Crippen LogP contribution in [0.4, 0.5) is 11.4 Å². The van der Waals surface area contributed by atoms with E-state index in [0.717, 1.165) is 0 Å².